The molecule has 29 heavy (non-hydrogen) atoms. The highest BCUT2D eigenvalue weighted by Crippen LogP contribution is 2.29. The molecule has 0 aliphatic heterocycles. The van der Waals surface area contributed by atoms with E-state index < -0.39 is 10.5 Å². The molecule has 0 saturated carbocycles. The summed E-state index contributed by atoms with van der Waals surface area (Å²) in [4.78, 5) is 25.1. The molecular weight excluding hydrogens is 374 g/mol. The lowest BCUT2D eigenvalue weighted by Gasteiger charge is -2.13. The van der Waals surface area contributed by atoms with E-state index in [1.807, 2.05) is 6.07 Å². The number of H-pyrrole nitrogens is 1. The van der Waals surface area contributed by atoms with Gasteiger partial charge in [0, 0.05) is 22.9 Å². The van der Waals surface area contributed by atoms with Gasteiger partial charge in [0.2, 0.25) is 0 Å². The Balaban J connectivity index is 1.97. The Kier molecular flexibility index (Phi) is 5.60. The monoisotopic (exact) mass is 391 g/mol. The van der Waals surface area contributed by atoms with Crippen LogP contribution in [0.5, 0.6) is 11.5 Å². The molecule has 3 rings (SSSR count). The number of hydrogen-bond donors (Lipinski definition) is 1. The van der Waals surface area contributed by atoms with Crippen molar-refractivity contribution < 1.29 is 14.4 Å². The molecule has 1 N–H and O–H groups in total. The first-order valence-electron chi connectivity index (χ1n) is 8.61. The molecule has 2 aromatic carbocycles. The predicted molar refractivity (Wildman–Crippen MR) is 106 cm³/mol. The van der Waals surface area contributed by atoms with Gasteiger partial charge in [0.1, 0.15) is 29.7 Å². The van der Waals surface area contributed by atoms with Crippen molar-refractivity contribution in [3.63, 3.8) is 0 Å². The smallest absolute Gasteiger partial charge is 0.273 e. The minimum Gasteiger partial charge on any atom is -0.496 e. The van der Waals surface area contributed by atoms with Gasteiger partial charge in [-0.3, -0.25) is 14.9 Å². The number of nitrogens with one attached hydrogen (secondary N) is 1. The number of aromatic nitrogens is 1. The Hall–Kier alpha value is -4.12. The van der Waals surface area contributed by atoms with E-state index >= 15 is 0 Å². The maximum Gasteiger partial charge on any atom is 0.273 e. The summed E-state index contributed by atoms with van der Waals surface area (Å²) in [5.74, 6) is 0.899. The number of benzene rings is 2. The average molecular weight is 391 g/mol. The fourth-order valence-corrected chi connectivity index (χ4v) is 2.93. The summed E-state index contributed by atoms with van der Waals surface area (Å²) in [7, 11) is 1.52. The number of nitriles is 1. The molecule has 0 unspecified atom stereocenters. The van der Waals surface area contributed by atoms with Gasteiger partial charge in [0.15, 0.2) is 0 Å². The van der Waals surface area contributed by atoms with E-state index in [0.717, 1.165) is 0 Å². The van der Waals surface area contributed by atoms with Gasteiger partial charge in [-0.1, -0.05) is 12.1 Å². The van der Waals surface area contributed by atoms with Crippen LogP contribution in [0.15, 0.2) is 53.3 Å². The van der Waals surface area contributed by atoms with Gasteiger partial charge >= 0.3 is 0 Å². The van der Waals surface area contributed by atoms with Gasteiger partial charge in [-0.25, -0.2) is 0 Å². The normalized spacial score (nSPS) is 10.2. The molecule has 0 spiro atoms. The predicted octanol–water partition coefficient (Wildman–Crippen LogP) is 3.72. The van der Waals surface area contributed by atoms with Crippen molar-refractivity contribution >= 4 is 5.69 Å². The molecule has 146 valence electrons. The Labute approximate surface area is 166 Å². The van der Waals surface area contributed by atoms with Crippen molar-refractivity contribution in [2.24, 2.45) is 0 Å². The largest absolute Gasteiger partial charge is 0.496 e. The molecule has 0 saturated heterocycles. The van der Waals surface area contributed by atoms with Gasteiger partial charge in [-0.05, 0) is 36.8 Å². The average Bonchev–Trinajstić information content (AvgIpc) is 2.71. The zero-order valence-corrected chi connectivity index (χ0v) is 15.8. The summed E-state index contributed by atoms with van der Waals surface area (Å²) in [5.41, 5.74) is 1.97. The van der Waals surface area contributed by atoms with E-state index in [4.69, 9.17) is 9.47 Å². The van der Waals surface area contributed by atoms with Crippen molar-refractivity contribution in [1.29, 1.82) is 5.26 Å². The third-order valence-corrected chi connectivity index (χ3v) is 4.29. The van der Waals surface area contributed by atoms with Crippen molar-refractivity contribution in [3.8, 4) is 28.7 Å². The number of hydrogen-bond acceptors (Lipinski definition) is 6. The summed E-state index contributed by atoms with van der Waals surface area (Å²) < 4.78 is 11.1. The van der Waals surface area contributed by atoms with Crippen LogP contribution in [0.25, 0.3) is 11.1 Å². The van der Waals surface area contributed by atoms with E-state index in [1.54, 1.807) is 43.3 Å². The number of aromatic amines is 1. The first kappa shape index (κ1) is 19.6. The molecule has 0 radical (unpaired) electrons. The zero-order chi connectivity index (χ0) is 21.0. The van der Waals surface area contributed by atoms with Crippen LogP contribution in [0.3, 0.4) is 0 Å². The van der Waals surface area contributed by atoms with Crippen LogP contribution in [0.4, 0.5) is 5.69 Å². The van der Waals surface area contributed by atoms with Crippen LogP contribution in [0.1, 0.15) is 16.8 Å². The summed E-state index contributed by atoms with van der Waals surface area (Å²) in [6.07, 6.45) is 0. The molecule has 0 amide bonds. The summed E-state index contributed by atoms with van der Waals surface area (Å²) >= 11 is 0. The van der Waals surface area contributed by atoms with E-state index in [0.29, 0.717) is 33.9 Å². The topological polar surface area (TPSA) is 118 Å². The molecule has 0 bridgehead atoms. The fraction of sp³-hybridized carbons (Fsp3) is 0.143. The molecule has 3 aromatic rings. The molecule has 0 fully saturated rings. The Morgan fingerprint density at radius 3 is 2.69 bits per heavy atom. The van der Waals surface area contributed by atoms with Gasteiger partial charge in [-0.15, -0.1) is 0 Å². The molecule has 1 heterocycles. The van der Waals surface area contributed by atoms with Crippen molar-refractivity contribution in [1.82, 2.24) is 4.98 Å². The number of rotatable bonds is 6. The third-order valence-electron chi connectivity index (χ3n) is 4.29. The first-order valence-corrected chi connectivity index (χ1v) is 8.61. The lowest BCUT2D eigenvalue weighted by atomic mass is 9.99. The molecule has 0 atom stereocenters. The van der Waals surface area contributed by atoms with E-state index in [2.05, 4.69) is 4.98 Å². The van der Waals surface area contributed by atoms with Crippen LogP contribution < -0.4 is 15.0 Å². The van der Waals surface area contributed by atoms with E-state index in [-0.39, 0.29) is 17.9 Å². The summed E-state index contributed by atoms with van der Waals surface area (Å²) in [5, 5.41) is 20.3. The highest BCUT2D eigenvalue weighted by Gasteiger charge is 2.14. The fourth-order valence-electron chi connectivity index (χ4n) is 2.93. The number of nitrogens with zero attached hydrogens (tertiary/aromatic N) is 2. The highest BCUT2D eigenvalue weighted by atomic mass is 16.6. The number of aryl methyl sites for hydroxylation is 1. The first-order chi connectivity index (χ1) is 13.9. The van der Waals surface area contributed by atoms with Crippen molar-refractivity contribution in [2.75, 3.05) is 7.11 Å². The second kappa shape index (κ2) is 8.27. The molecule has 0 aliphatic rings. The minimum absolute atomic E-state index is 0.0197. The summed E-state index contributed by atoms with van der Waals surface area (Å²) in [6, 6.07) is 14.8. The van der Waals surface area contributed by atoms with Crippen LogP contribution in [0, 0.1) is 28.4 Å². The standard InChI is InChI=1S/C21H17N3O5/c1-13-8-18(19(11-22)21(25)23-13)14-6-7-20(28-2)15(9-14)12-29-17-5-3-4-16(10-17)24(26)27/h3-10H,12H2,1-2H3,(H,23,25). The Morgan fingerprint density at radius 1 is 1.21 bits per heavy atom. The molecule has 8 nitrogen and oxygen atoms in total. The number of nitro groups is 1. The maximum atomic E-state index is 12.1. The second-order valence-corrected chi connectivity index (χ2v) is 6.25. The summed E-state index contributed by atoms with van der Waals surface area (Å²) in [6.45, 7) is 1.82. The number of non-ortho nitro benzene ring substituents is 1. The molecular formula is C21H17N3O5. The number of ether oxygens (including phenoxy) is 2. The highest BCUT2D eigenvalue weighted by molar-refractivity contribution is 5.71. The Bertz CT molecular complexity index is 1180. The number of pyridine rings is 1. The van der Waals surface area contributed by atoms with Crippen molar-refractivity contribution in [2.45, 2.75) is 13.5 Å². The lowest BCUT2D eigenvalue weighted by molar-refractivity contribution is -0.384. The Morgan fingerprint density at radius 2 is 2.00 bits per heavy atom. The van der Waals surface area contributed by atoms with Gasteiger partial charge < -0.3 is 14.5 Å². The number of methoxy groups -OCH3 is 1. The van der Waals surface area contributed by atoms with E-state index in [9.17, 15) is 20.2 Å². The van der Waals surface area contributed by atoms with Crippen molar-refractivity contribution in [3.05, 3.63) is 85.8 Å². The second-order valence-electron chi connectivity index (χ2n) is 6.25. The molecule has 8 heteroatoms. The van der Waals surface area contributed by atoms with Gasteiger partial charge in [-0.2, -0.15) is 5.26 Å². The van der Waals surface area contributed by atoms with Gasteiger partial charge in [0.25, 0.3) is 11.2 Å². The zero-order valence-electron chi connectivity index (χ0n) is 15.8. The van der Waals surface area contributed by atoms with Crippen LogP contribution in [0.2, 0.25) is 0 Å². The maximum absolute atomic E-state index is 12.1. The van der Waals surface area contributed by atoms with Crippen LogP contribution in [-0.2, 0) is 6.61 Å². The van der Waals surface area contributed by atoms with Crippen LogP contribution in [-0.4, -0.2) is 17.0 Å². The van der Waals surface area contributed by atoms with Crippen LogP contribution >= 0.6 is 0 Å². The molecule has 0 aliphatic carbocycles. The quantitative estimate of drug-likeness (QED) is 0.505. The minimum atomic E-state index is -0.493. The van der Waals surface area contributed by atoms with Gasteiger partial charge in [0.05, 0.1) is 18.1 Å². The lowest BCUT2D eigenvalue weighted by Crippen LogP contribution is -2.12. The molecule has 1 aromatic heterocycles. The third kappa shape index (κ3) is 4.25. The SMILES string of the molecule is COc1ccc(-c2cc(C)[nH]c(=O)c2C#N)cc1COc1cccc([N+](=O)[O-])c1. The van der Waals surface area contributed by atoms with E-state index in [1.165, 1.54) is 19.2 Å². The number of nitro benzene ring substituents is 1.